The zero-order valence-electron chi connectivity index (χ0n) is 20.1. The molecule has 1 rings (SSSR count). The lowest BCUT2D eigenvalue weighted by Crippen LogP contribution is -2.47. The lowest BCUT2D eigenvalue weighted by atomic mass is 10.0. The lowest BCUT2D eigenvalue weighted by molar-refractivity contribution is -0.0751. The third-order valence-corrected chi connectivity index (χ3v) is 11.4. The van der Waals surface area contributed by atoms with Crippen molar-refractivity contribution in [2.24, 2.45) is 0 Å². The van der Waals surface area contributed by atoms with Crippen molar-refractivity contribution in [3.05, 3.63) is 0 Å². The Morgan fingerprint density at radius 3 is 1.96 bits per heavy atom. The van der Waals surface area contributed by atoms with E-state index in [-0.39, 0.29) is 29.5 Å². The van der Waals surface area contributed by atoms with Crippen molar-refractivity contribution in [1.82, 2.24) is 0 Å². The van der Waals surface area contributed by atoms with E-state index in [0.717, 1.165) is 32.1 Å². The van der Waals surface area contributed by atoms with Crippen molar-refractivity contribution < 1.29 is 14.3 Å². The Morgan fingerprint density at radius 2 is 1.43 bits per heavy atom. The van der Waals surface area contributed by atoms with E-state index < -0.39 is 8.32 Å². The summed E-state index contributed by atoms with van der Waals surface area (Å²) < 4.78 is 13.2. The quantitative estimate of drug-likeness (QED) is 0.241. The minimum absolute atomic E-state index is 0.00721. The number of hydrogen-bond donors (Lipinski definition) is 1. The van der Waals surface area contributed by atoms with Crippen LogP contribution in [0.5, 0.6) is 0 Å². The summed E-state index contributed by atoms with van der Waals surface area (Å²) in [5.74, 6) is 0. The van der Waals surface area contributed by atoms with Gasteiger partial charge < -0.3 is 14.3 Å². The summed E-state index contributed by atoms with van der Waals surface area (Å²) in [4.78, 5) is 0. The first-order valence-corrected chi connectivity index (χ1v) is 15.0. The molecule has 0 spiro atoms. The Morgan fingerprint density at radius 1 is 0.893 bits per heavy atom. The molecule has 1 unspecified atom stereocenters. The SMILES string of the molecule is CCCCCCC(O)[C@H]1CC[C@H]([C@@H](CCCCCC)O[Si](C)(C)C(C)(C)C)O1. The van der Waals surface area contributed by atoms with E-state index in [4.69, 9.17) is 9.16 Å². The van der Waals surface area contributed by atoms with Crippen LogP contribution in [0.4, 0.5) is 0 Å². The molecular weight excluding hydrogens is 364 g/mol. The summed E-state index contributed by atoms with van der Waals surface area (Å²) >= 11 is 0. The highest BCUT2D eigenvalue weighted by molar-refractivity contribution is 6.74. The fourth-order valence-corrected chi connectivity index (χ4v) is 5.24. The molecular formula is C24H50O3Si. The monoisotopic (exact) mass is 414 g/mol. The van der Waals surface area contributed by atoms with E-state index in [1.165, 1.54) is 44.9 Å². The van der Waals surface area contributed by atoms with Gasteiger partial charge >= 0.3 is 0 Å². The molecule has 4 heteroatoms. The van der Waals surface area contributed by atoms with Crippen LogP contribution in [-0.2, 0) is 9.16 Å². The van der Waals surface area contributed by atoms with Gasteiger partial charge in [0.25, 0.3) is 0 Å². The molecule has 0 radical (unpaired) electrons. The second-order valence-corrected chi connectivity index (χ2v) is 15.2. The molecule has 168 valence electrons. The number of aliphatic hydroxyl groups is 1. The Kier molecular flexibility index (Phi) is 11.9. The molecule has 1 aliphatic rings. The van der Waals surface area contributed by atoms with Crippen molar-refractivity contribution in [2.45, 2.75) is 154 Å². The molecule has 4 atom stereocenters. The molecule has 0 aromatic rings. The average Bonchev–Trinajstić information content (AvgIpc) is 3.10. The molecule has 1 N–H and O–H groups in total. The standard InChI is InChI=1S/C24H50O3Si/c1-8-10-12-14-16-20(25)21-18-19-22(26-21)23(17-15-13-11-9-2)27-28(6,7)24(3,4)5/h20-23,25H,8-19H2,1-7H3/t20?,21-,22-,23-/m1/s1. The smallest absolute Gasteiger partial charge is 0.192 e. The average molecular weight is 415 g/mol. The third-order valence-electron chi connectivity index (χ3n) is 6.88. The number of unbranched alkanes of at least 4 members (excludes halogenated alkanes) is 6. The van der Waals surface area contributed by atoms with Gasteiger partial charge in [0.15, 0.2) is 8.32 Å². The summed E-state index contributed by atoms with van der Waals surface area (Å²) in [6.07, 6.45) is 13.9. The lowest BCUT2D eigenvalue weighted by Gasteiger charge is -2.41. The van der Waals surface area contributed by atoms with Gasteiger partial charge in [0, 0.05) is 0 Å². The van der Waals surface area contributed by atoms with Gasteiger partial charge in [-0.05, 0) is 43.8 Å². The van der Waals surface area contributed by atoms with Crippen LogP contribution in [0, 0.1) is 0 Å². The van der Waals surface area contributed by atoms with Crippen molar-refractivity contribution in [3.63, 3.8) is 0 Å². The largest absolute Gasteiger partial charge is 0.411 e. The first-order valence-electron chi connectivity index (χ1n) is 12.1. The fourth-order valence-electron chi connectivity index (χ4n) is 3.86. The van der Waals surface area contributed by atoms with Gasteiger partial charge in [0.1, 0.15) is 0 Å². The minimum Gasteiger partial charge on any atom is -0.411 e. The van der Waals surface area contributed by atoms with Crippen molar-refractivity contribution >= 4 is 8.32 Å². The van der Waals surface area contributed by atoms with E-state index in [1.54, 1.807) is 0 Å². The fraction of sp³-hybridized carbons (Fsp3) is 1.00. The van der Waals surface area contributed by atoms with Gasteiger partial charge in [0.05, 0.1) is 24.4 Å². The van der Waals surface area contributed by atoms with Crippen LogP contribution in [0.25, 0.3) is 0 Å². The molecule has 0 saturated carbocycles. The van der Waals surface area contributed by atoms with Gasteiger partial charge in [-0.15, -0.1) is 0 Å². The highest BCUT2D eigenvalue weighted by atomic mass is 28.4. The van der Waals surface area contributed by atoms with Crippen LogP contribution in [0.15, 0.2) is 0 Å². The predicted octanol–water partition coefficient (Wildman–Crippen LogP) is 7.23. The van der Waals surface area contributed by atoms with E-state index in [2.05, 4.69) is 47.7 Å². The molecule has 0 aromatic carbocycles. The molecule has 0 aromatic heterocycles. The van der Waals surface area contributed by atoms with Crippen molar-refractivity contribution in [2.75, 3.05) is 0 Å². The van der Waals surface area contributed by atoms with Crippen molar-refractivity contribution in [1.29, 1.82) is 0 Å². The maximum atomic E-state index is 10.6. The molecule has 0 bridgehead atoms. The number of rotatable bonds is 14. The van der Waals surface area contributed by atoms with E-state index >= 15 is 0 Å². The van der Waals surface area contributed by atoms with Crippen LogP contribution in [-0.4, -0.2) is 37.8 Å². The Hall–Kier alpha value is 0.0969. The van der Waals surface area contributed by atoms with Crippen molar-refractivity contribution in [3.8, 4) is 0 Å². The first kappa shape index (κ1) is 26.1. The molecule has 1 heterocycles. The minimum atomic E-state index is -1.83. The molecule has 1 aliphatic heterocycles. The third kappa shape index (κ3) is 8.85. The summed E-state index contributed by atoms with van der Waals surface area (Å²) in [5, 5.41) is 10.8. The summed E-state index contributed by atoms with van der Waals surface area (Å²) in [6, 6.07) is 0. The highest BCUT2D eigenvalue weighted by Gasteiger charge is 2.43. The topological polar surface area (TPSA) is 38.7 Å². The zero-order chi connectivity index (χ0) is 21.2. The van der Waals surface area contributed by atoms with Crippen LogP contribution < -0.4 is 0 Å². The maximum absolute atomic E-state index is 10.6. The van der Waals surface area contributed by atoms with Gasteiger partial charge in [-0.1, -0.05) is 86.0 Å². The molecule has 0 amide bonds. The predicted molar refractivity (Wildman–Crippen MR) is 123 cm³/mol. The van der Waals surface area contributed by atoms with Gasteiger partial charge in [-0.25, -0.2) is 0 Å². The molecule has 0 aliphatic carbocycles. The van der Waals surface area contributed by atoms with Gasteiger partial charge in [-0.3, -0.25) is 0 Å². The number of hydrogen-bond acceptors (Lipinski definition) is 3. The second-order valence-electron chi connectivity index (χ2n) is 10.5. The first-order chi connectivity index (χ1) is 13.1. The highest BCUT2D eigenvalue weighted by Crippen LogP contribution is 2.40. The van der Waals surface area contributed by atoms with Gasteiger partial charge in [0.2, 0.25) is 0 Å². The molecule has 28 heavy (non-hydrogen) atoms. The van der Waals surface area contributed by atoms with E-state index in [0.29, 0.717) is 0 Å². The van der Waals surface area contributed by atoms with Crippen LogP contribution in [0.1, 0.15) is 112 Å². The molecule has 1 saturated heterocycles. The van der Waals surface area contributed by atoms with Crippen LogP contribution in [0.3, 0.4) is 0 Å². The second kappa shape index (κ2) is 12.7. The van der Waals surface area contributed by atoms with Crippen LogP contribution in [0.2, 0.25) is 18.1 Å². The molecule has 3 nitrogen and oxygen atoms in total. The van der Waals surface area contributed by atoms with Gasteiger partial charge in [-0.2, -0.15) is 0 Å². The zero-order valence-corrected chi connectivity index (χ0v) is 21.1. The normalized spacial score (nSPS) is 23.1. The van der Waals surface area contributed by atoms with Crippen LogP contribution >= 0.6 is 0 Å². The number of aliphatic hydroxyl groups excluding tert-OH is 1. The maximum Gasteiger partial charge on any atom is 0.192 e. The Bertz CT molecular complexity index is 405. The molecule has 1 fully saturated rings. The summed E-state index contributed by atoms with van der Waals surface area (Å²) in [7, 11) is -1.83. The number of ether oxygens (including phenoxy) is 1. The van der Waals surface area contributed by atoms with E-state index in [1.807, 2.05) is 0 Å². The Labute approximate surface area is 177 Å². The van der Waals surface area contributed by atoms with E-state index in [9.17, 15) is 5.11 Å². The summed E-state index contributed by atoms with van der Waals surface area (Å²) in [5.41, 5.74) is 0. The summed E-state index contributed by atoms with van der Waals surface area (Å²) in [6.45, 7) is 16.1. The Balaban J connectivity index is 2.63.